The van der Waals surface area contributed by atoms with Gasteiger partial charge in [0.1, 0.15) is 0 Å². The fourth-order valence-corrected chi connectivity index (χ4v) is 2.86. The second kappa shape index (κ2) is 6.16. The molecule has 0 saturated heterocycles. The maximum absolute atomic E-state index is 5.77. The number of rotatable bonds is 4. The van der Waals surface area contributed by atoms with Crippen LogP contribution in [-0.2, 0) is 6.42 Å². The van der Waals surface area contributed by atoms with Crippen molar-refractivity contribution in [2.45, 2.75) is 40.2 Å². The quantitative estimate of drug-likeness (QED) is 0.662. The zero-order valence-electron chi connectivity index (χ0n) is 12.7. The van der Waals surface area contributed by atoms with Crippen LogP contribution < -0.4 is 11.3 Å². The summed E-state index contributed by atoms with van der Waals surface area (Å²) in [5.41, 5.74) is 10.4. The number of aryl methyl sites for hydroxylation is 4. The van der Waals surface area contributed by atoms with Gasteiger partial charge in [-0.2, -0.15) is 0 Å². The third kappa shape index (κ3) is 3.06. The molecule has 1 aromatic carbocycles. The molecular weight excluding hydrogens is 246 g/mol. The van der Waals surface area contributed by atoms with Gasteiger partial charge in [0.2, 0.25) is 0 Å². The van der Waals surface area contributed by atoms with Crippen molar-refractivity contribution < 1.29 is 0 Å². The van der Waals surface area contributed by atoms with Gasteiger partial charge in [-0.25, -0.2) is 0 Å². The number of hydrazine groups is 1. The monoisotopic (exact) mass is 269 g/mol. The maximum atomic E-state index is 5.77. The number of aromatic nitrogens is 1. The van der Waals surface area contributed by atoms with Crippen LogP contribution in [0.5, 0.6) is 0 Å². The summed E-state index contributed by atoms with van der Waals surface area (Å²) in [6.07, 6.45) is 2.69. The maximum Gasteiger partial charge on any atom is 0.0518 e. The van der Waals surface area contributed by atoms with Gasteiger partial charge in [-0.05, 0) is 62.4 Å². The van der Waals surface area contributed by atoms with E-state index in [9.17, 15) is 0 Å². The van der Waals surface area contributed by atoms with Gasteiger partial charge in [0.25, 0.3) is 0 Å². The Morgan fingerprint density at radius 1 is 1.15 bits per heavy atom. The van der Waals surface area contributed by atoms with Crippen LogP contribution in [0.1, 0.15) is 39.6 Å². The molecule has 0 radical (unpaired) electrons. The van der Waals surface area contributed by atoms with E-state index in [4.69, 9.17) is 5.84 Å². The first-order valence-corrected chi connectivity index (χ1v) is 6.97. The van der Waals surface area contributed by atoms with Crippen LogP contribution in [0.4, 0.5) is 0 Å². The van der Waals surface area contributed by atoms with Gasteiger partial charge in [-0.3, -0.25) is 16.3 Å². The van der Waals surface area contributed by atoms with E-state index in [0.29, 0.717) is 0 Å². The molecule has 2 rings (SSSR count). The van der Waals surface area contributed by atoms with Crippen molar-refractivity contribution in [2.75, 3.05) is 0 Å². The SMILES string of the molecule is Cc1cc(C)c(CC(NN)c2cccnc2C)c(C)c1. The smallest absolute Gasteiger partial charge is 0.0518 e. The molecule has 0 fully saturated rings. The summed E-state index contributed by atoms with van der Waals surface area (Å²) in [7, 11) is 0. The van der Waals surface area contributed by atoms with E-state index in [0.717, 1.165) is 17.7 Å². The number of nitrogens with two attached hydrogens (primary N) is 1. The van der Waals surface area contributed by atoms with Crippen LogP contribution in [0.15, 0.2) is 30.5 Å². The zero-order chi connectivity index (χ0) is 14.7. The Morgan fingerprint density at radius 3 is 2.35 bits per heavy atom. The van der Waals surface area contributed by atoms with Crippen molar-refractivity contribution in [3.63, 3.8) is 0 Å². The summed E-state index contributed by atoms with van der Waals surface area (Å²) in [6, 6.07) is 8.59. The summed E-state index contributed by atoms with van der Waals surface area (Å²) in [6.45, 7) is 8.49. The summed E-state index contributed by atoms with van der Waals surface area (Å²) in [4.78, 5) is 4.35. The lowest BCUT2D eigenvalue weighted by atomic mass is 9.91. The highest BCUT2D eigenvalue weighted by atomic mass is 15.2. The van der Waals surface area contributed by atoms with Gasteiger partial charge in [-0.1, -0.05) is 23.8 Å². The van der Waals surface area contributed by atoms with E-state index in [-0.39, 0.29) is 6.04 Å². The second-order valence-electron chi connectivity index (χ2n) is 5.48. The molecule has 2 aromatic rings. The highest BCUT2D eigenvalue weighted by Gasteiger charge is 2.16. The number of hydrogen-bond donors (Lipinski definition) is 2. The summed E-state index contributed by atoms with van der Waals surface area (Å²) < 4.78 is 0. The Balaban J connectivity index is 2.35. The molecule has 0 aliphatic carbocycles. The van der Waals surface area contributed by atoms with Gasteiger partial charge in [0.15, 0.2) is 0 Å². The zero-order valence-corrected chi connectivity index (χ0v) is 12.7. The first kappa shape index (κ1) is 14.7. The Bertz CT molecular complexity index is 582. The molecule has 0 aliphatic heterocycles. The van der Waals surface area contributed by atoms with Gasteiger partial charge in [0, 0.05) is 11.9 Å². The van der Waals surface area contributed by atoms with Gasteiger partial charge in [0.05, 0.1) is 6.04 Å². The van der Waals surface area contributed by atoms with E-state index in [1.165, 1.54) is 22.3 Å². The van der Waals surface area contributed by atoms with E-state index in [1.54, 1.807) is 0 Å². The van der Waals surface area contributed by atoms with E-state index in [1.807, 2.05) is 19.2 Å². The lowest BCUT2D eigenvalue weighted by Crippen LogP contribution is -2.30. The van der Waals surface area contributed by atoms with Crippen LogP contribution >= 0.6 is 0 Å². The molecule has 3 heteroatoms. The predicted octanol–water partition coefficient (Wildman–Crippen LogP) is 3.06. The minimum absolute atomic E-state index is 0.0869. The molecule has 0 amide bonds. The lowest BCUT2D eigenvalue weighted by Gasteiger charge is -2.21. The Labute approximate surface area is 121 Å². The largest absolute Gasteiger partial charge is 0.271 e. The van der Waals surface area contributed by atoms with Crippen molar-refractivity contribution in [1.29, 1.82) is 0 Å². The molecule has 0 aliphatic rings. The van der Waals surface area contributed by atoms with Crippen molar-refractivity contribution in [1.82, 2.24) is 10.4 Å². The van der Waals surface area contributed by atoms with Crippen molar-refractivity contribution in [3.8, 4) is 0 Å². The first-order valence-electron chi connectivity index (χ1n) is 6.97. The number of benzene rings is 1. The van der Waals surface area contributed by atoms with Crippen molar-refractivity contribution in [2.24, 2.45) is 5.84 Å². The van der Waals surface area contributed by atoms with Crippen molar-refractivity contribution in [3.05, 3.63) is 64.0 Å². The second-order valence-corrected chi connectivity index (χ2v) is 5.48. The fraction of sp³-hybridized carbons (Fsp3) is 0.353. The molecule has 1 aromatic heterocycles. The highest BCUT2D eigenvalue weighted by molar-refractivity contribution is 5.39. The molecule has 1 heterocycles. The van der Waals surface area contributed by atoms with Gasteiger partial charge >= 0.3 is 0 Å². The molecule has 1 atom stereocenters. The number of nitrogens with zero attached hydrogens (tertiary/aromatic N) is 1. The standard InChI is InChI=1S/C17H23N3/c1-11-8-12(2)16(13(3)9-11)10-17(20-18)15-6-5-7-19-14(15)4/h5-9,17,20H,10,18H2,1-4H3. The average Bonchev–Trinajstić information content (AvgIpc) is 2.39. The normalized spacial score (nSPS) is 12.4. The lowest BCUT2D eigenvalue weighted by molar-refractivity contribution is 0.545. The van der Waals surface area contributed by atoms with Gasteiger partial charge in [-0.15, -0.1) is 0 Å². The predicted molar refractivity (Wildman–Crippen MR) is 83.4 cm³/mol. The minimum Gasteiger partial charge on any atom is -0.271 e. The van der Waals surface area contributed by atoms with Gasteiger partial charge < -0.3 is 0 Å². The van der Waals surface area contributed by atoms with Crippen LogP contribution in [0.3, 0.4) is 0 Å². The molecule has 0 saturated carbocycles. The third-order valence-electron chi connectivity index (χ3n) is 3.87. The number of hydrogen-bond acceptors (Lipinski definition) is 3. The number of pyridine rings is 1. The van der Waals surface area contributed by atoms with E-state index < -0.39 is 0 Å². The minimum atomic E-state index is 0.0869. The molecular formula is C17H23N3. The van der Waals surface area contributed by atoms with E-state index >= 15 is 0 Å². The summed E-state index contributed by atoms with van der Waals surface area (Å²) in [5.74, 6) is 5.77. The molecule has 3 nitrogen and oxygen atoms in total. The average molecular weight is 269 g/mol. The Morgan fingerprint density at radius 2 is 1.80 bits per heavy atom. The van der Waals surface area contributed by atoms with E-state index in [2.05, 4.69) is 49.4 Å². The molecule has 0 spiro atoms. The molecule has 3 N–H and O–H groups in total. The molecule has 1 unspecified atom stereocenters. The number of nitrogens with one attached hydrogen (secondary N) is 1. The first-order chi connectivity index (χ1) is 9.52. The van der Waals surface area contributed by atoms with Crippen LogP contribution in [0, 0.1) is 27.7 Å². The molecule has 106 valence electrons. The van der Waals surface area contributed by atoms with Crippen LogP contribution in [0.2, 0.25) is 0 Å². The van der Waals surface area contributed by atoms with Crippen LogP contribution in [-0.4, -0.2) is 4.98 Å². The highest BCUT2D eigenvalue weighted by Crippen LogP contribution is 2.24. The Kier molecular flexibility index (Phi) is 4.53. The Hall–Kier alpha value is -1.71. The topological polar surface area (TPSA) is 50.9 Å². The summed E-state index contributed by atoms with van der Waals surface area (Å²) >= 11 is 0. The molecule has 20 heavy (non-hydrogen) atoms. The molecule has 0 bridgehead atoms. The summed E-state index contributed by atoms with van der Waals surface area (Å²) in [5, 5.41) is 0. The van der Waals surface area contributed by atoms with Crippen molar-refractivity contribution >= 4 is 0 Å². The third-order valence-corrected chi connectivity index (χ3v) is 3.87. The fourth-order valence-electron chi connectivity index (χ4n) is 2.86. The van der Waals surface area contributed by atoms with Crippen LogP contribution in [0.25, 0.3) is 0 Å².